The molecule has 0 aliphatic carbocycles. The molecule has 0 bridgehead atoms. The van der Waals surface area contributed by atoms with Crippen molar-refractivity contribution in [2.45, 2.75) is 121 Å². The van der Waals surface area contributed by atoms with Crippen LogP contribution in [0.25, 0.3) is 0 Å². The molecule has 14 N–H and O–H groups in total. The molecule has 0 amide bonds. The molecule has 0 unspecified atom stereocenters. The molecule has 264 valence electrons. The zero-order chi connectivity index (χ0) is 33.3. The van der Waals surface area contributed by atoms with Crippen LogP contribution in [-0.2, 0) is 28.4 Å². The second-order valence-corrected chi connectivity index (χ2v) is 12.4. The highest BCUT2D eigenvalue weighted by Gasteiger charge is 2.54. The SMILES string of the molecule is OC[C@H]1O[C@@H](O[C@H]2[C@H](O)[C@@H](O)[C@H](S[C@H]3[C@H](O)[C@@H](O)[C@H](O[C@H]4[C@H](O)[C@@H](O)[C@H](O)O[C@@H]4CO)O[C@@H]3CO)O[C@@H]2CO)[C@H](O)[C@@H](O)[C@@H]1O. The van der Waals surface area contributed by atoms with Gasteiger partial charge < -0.3 is 99.9 Å². The molecule has 0 aromatic heterocycles. The number of aliphatic hydroxyl groups is 14. The quantitative estimate of drug-likeness (QED) is 0.102. The molecule has 0 aromatic rings. The molecule has 4 rings (SSSR count). The maximum absolute atomic E-state index is 11.0. The molecule has 45 heavy (non-hydrogen) atoms. The van der Waals surface area contributed by atoms with Crippen LogP contribution >= 0.6 is 11.8 Å². The number of rotatable bonds is 10. The topological polar surface area (TPSA) is 339 Å². The van der Waals surface area contributed by atoms with Gasteiger partial charge in [0.1, 0.15) is 84.8 Å². The largest absolute Gasteiger partial charge is 0.394 e. The lowest BCUT2D eigenvalue weighted by atomic mass is 9.97. The molecule has 20 atom stereocenters. The van der Waals surface area contributed by atoms with Crippen LogP contribution < -0.4 is 0 Å². The highest BCUT2D eigenvalue weighted by atomic mass is 32.2. The summed E-state index contributed by atoms with van der Waals surface area (Å²) in [4.78, 5) is 0. The predicted octanol–water partition coefficient (Wildman–Crippen LogP) is -9.03. The zero-order valence-electron chi connectivity index (χ0n) is 23.5. The molecule has 0 spiro atoms. The average molecular weight is 683 g/mol. The lowest BCUT2D eigenvalue weighted by Crippen LogP contribution is -2.65. The van der Waals surface area contributed by atoms with Crippen molar-refractivity contribution in [3.05, 3.63) is 0 Å². The lowest BCUT2D eigenvalue weighted by Gasteiger charge is -2.48. The summed E-state index contributed by atoms with van der Waals surface area (Å²) in [5.41, 5.74) is -1.46. The fourth-order valence-electron chi connectivity index (χ4n) is 5.55. The van der Waals surface area contributed by atoms with Gasteiger partial charge in [0.2, 0.25) is 0 Å². The fraction of sp³-hybridized carbons (Fsp3) is 1.00. The summed E-state index contributed by atoms with van der Waals surface area (Å²) in [6, 6.07) is 0. The third-order valence-corrected chi connectivity index (χ3v) is 9.76. The summed E-state index contributed by atoms with van der Waals surface area (Å²) in [7, 11) is 0. The Morgan fingerprint density at radius 3 is 1.42 bits per heavy atom. The lowest BCUT2D eigenvalue weighted by molar-refractivity contribution is -0.344. The Hall–Kier alpha value is -0.450. The number of aliphatic hydroxyl groups excluding tert-OH is 14. The van der Waals surface area contributed by atoms with E-state index in [2.05, 4.69) is 0 Å². The van der Waals surface area contributed by atoms with Crippen LogP contribution in [0, 0.1) is 0 Å². The van der Waals surface area contributed by atoms with Gasteiger partial charge in [0.15, 0.2) is 18.9 Å². The van der Waals surface area contributed by atoms with Crippen molar-refractivity contribution in [2.75, 3.05) is 26.4 Å². The van der Waals surface area contributed by atoms with E-state index < -0.39 is 148 Å². The normalized spacial score (nSPS) is 52.9. The smallest absolute Gasteiger partial charge is 0.187 e. The summed E-state index contributed by atoms with van der Waals surface area (Å²) in [6.45, 7) is -3.18. The Kier molecular flexibility index (Phi) is 13.2. The van der Waals surface area contributed by atoms with Gasteiger partial charge in [-0.05, 0) is 0 Å². The first-order chi connectivity index (χ1) is 21.3. The van der Waals surface area contributed by atoms with Crippen LogP contribution in [0.2, 0.25) is 0 Å². The Labute approximate surface area is 259 Å². The monoisotopic (exact) mass is 682 g/mol. The molecule has 21 heteroatoms. The minimum atomic E-state index is -1.90. The summed E-state index contributed by atoms with van der Waals surface area (Å²) in [5.74, 6) is 0. The number of hydrogen-bond acceptors (Lipinski definition) is 21. The molecule has 0 saturated carbocycles. The zero-order valence-corrected chi connectivity index (χ0v) is 24.3. The van der Waals surface area contributed by atoms with Crippen molar-refractivity contribution in [3.8, 4) is 0 Å². The predicted molar refractivity (Wildman–Crippen MR) is 140 cm³/mol. The van der Waals surface area contributed by atoms with Crippen LogP contribution in [0.3, 0.4) is 0 Å². The molecular weight excluding hydrogens is 640 g/mol. The van der Waals surface area contributed by atoms with Crippen molar-refractivity contribution in [1.29, 1.82) is 0 Å². The van der Waals surface area contributed by atoms with Crippen molar-refractivity contribution >= 4 is 11.8 Å². The van der Waals surface area contributed by atoms with E-state index in [-0.39, 0.29) is 0 Å². The highest BCUT2D eigenvalue weighted by molar-refractivity contribution is 8.00. The van der Waals surface area contributed by atoms with E-state index in [1.165, 1.54) is 0 Å². The first-order valence-corrected chi connectivity index (χ1v) is 15.1. The minimum absolute atomic E-state index is 0.601. The van der Waals surface area contributed by atoms with Crippen LogP contribution in [0.1, 0.15) is 0 Å². The molecule has 4 saturated heterocycles. The number of ether oxygens (including phenoxy) is 6. The van der Waals surface area contributed by atoms with Gasteiger partial charge in [-0.25, -0.2) is 0 Å². The van der Waals surface area contributed by atoms with E-state index in [1.807, 2.05) is 0 Å². The molecule has 0 radical (unpaired) electrons. The van der Waals surface area contributed by atoms with Crippen LogP contribution in [-0.4, -0.2) is 219 Å². The van der Waals surface area contributed by atoms with E-state index >= 15 is 0 Å². The van der Waals surface area contributed by atoms with Gasteiger partial charge in [0, 0.05) is 0 Å². The van der Waals surface area contributed by atoms with Gasteiger partial charge in [-0.15, -0.1) is 11.8 Å². The summed E-state index contributed by atoms with van der Waals surface area (Å²) in [5, 5.41) is 141. The summed E-state index contributed by atoms with van der Waals surface area (Å²) >= 11 is 0.601. The first-order valence-electron chi connectivity index (χ1n) is 14.1. The van der Waals surface area contributed by atoms with Crippen molar-refractivity contribution in [3.63, 3.8) is 0 Å². The van der Waals surface area contributed by atoms with Crippen molar-refractivity contribution < 1.29 is 99.9 Å². The van der Waals surface area contributed by atoms with Crippen molar-refractivity contribution in [2.24, 2.45) is 0 Å². The molecule has 4 aliphatic rings. The van der Waals surface area contributed by atoms with Gasteiger partial charge >= 0.3 is 0 Å². The third-order valence-electron chi connectivity index (χ3n) is 8.20. The van der Waals surface area contributed by atoms with Crippen LogP contribution in [0.5, 0.6) is 0 Å². The van der Waals surface area contributed by atoms with Gasteiger partial charge in [0.05, 0.1) is 43.9 Å². The van der Waals surface area contributed by atoms with E-state index in [1.54, 1.807) is 0 Å². The van der Waals surface area contributed by atoms with Crippen LogP contribution in [0.4, 0.5) is 0 Å². The molecule has 4 aliphatic heterocycles. The highest BCUT2D eigenvalue weighted by Crippen LogP contribution is 2.40. The third kappa shape index (κ3) is 7.59. The number of thioether (sulfide) groups is 1. The number of hydrogen-bond donors (Lipinski definition) is 14. The second kappa shape index (κ2) is 15.8. The Morgan fingerprint density at radius 2 is 0.889 bits per heavy atom. The van der Waals surface area contributed by atoms with Crippen LogP contribution in [0.15, 0.2) is 0 Å². The van der Waals surface area contributed by atoms with Crippen molar-refractivity contribution in [1.82, 2.24) is 0 Å². The first kappa shape index (κ1) is 37.4. The molecular formula is C24H42O20S. The Bertz CT molecular complexity index is 916. The average Bonchev–Trinajstić information content (AvgIpc) is 3.03. The minimum Gasteiger partial charge on any atom is -0.394 e. The Morgan fingerprint density at radius 1 is 0.422 bits per heavy atom. The fourth-order valence-corrected chi connectivity index (χ4v) is 7.03. The maximum atomic E-state index is 11.0. The van der Waals surface area contributed by atoms with E-state index in [4.69, 9.17) is 28.4 Å². The molecule has 4 fully saturated rings. The van der Waals surface area contributed by atoms with E-state index in [0.29, 0.717) is 11.8 Å². The molecule has 4 heterocycles. The maximum Gasteiger partial charge on any atom is 0.187 e. The van der Waals surface area contributed by atoms with Gasteiger partial charge in [-0.2, -0.15) is 0 Å². The standard InChI is InChI=1S/C24H42O20S/c25-1-5-9(29)10(30)15(35)22(40-5)44-19-7(3-27)42-24(17(37)12(19)32)45-20-8(4-28)41-23(16(36)13(20)33)43-18-6(2-26)39-21(38)14(34)11(18)31/h5-38H,1-4H2/t5-,6-,7-,8-,9-,10+,11-,12-,13-,14-,15-,16-,17-,18-,19-,20-,21-,22+,23+,24+/m1/s1. The summed E-state index contributed by atoms with van der Waals surface area (Å²) < 4.78 is 32.6. The van der Waals surface area contributed by atoms with Gasteiger partial charge in [-0.1, -0.05) is 0 Å². The van der Waals surface area contributed by atoms with E-state index in [9.17, 15) is 71.5 Å². The summed E-state index contributed by atoms with van der Waals surface area (Å²) in [6.07, 6.45) is -30.5. The second-order valence-electron chi connectivity index (χ2n) is 11.1. The van der Waals surface area contributed by atoms with Gasteiger partial charge in [0.25, 0.3) is 0 Å². The molecule has 0 aromatic carbocycles. The molecule has 20 nitrogen and oxygen atoms in total. The van der Waals surface area contributed by atoms with Gasteiger partial charge in [-0.3, -0.25) is 0 Å². The van der Waals surface area contributed by atoms with E-state index in [0.717, 1.165) is 0 Å². The Balaban J connectivity index is 1.43.